The predicted octanol–water partition coefficient (Wildman–Crippen LogP) is 4.01. The number of pyridine rings is 1. The van der Waals surface area contributed by atoms with Crippen molar-refractivity contribution < 1.29 is 13.8 Å². The van der Waals surface area contributed by atoms with Crippen molar-refractivity contribution in [3.05, 3.63) is 74.7 Å². The fraction of sp³-hybridized carbons (Fsp3) is 0.227. The van der Waals surface area contributed by atoms with Crippen LogP contribution in [0.25, 0.3) is 11.1 Å². The molecule has 0 aliphatic carbocycles. The Hall–Kier alpha value is -3.39. The van der Waals surface area contributed by atoms with E-state index < -0.39 is 11.8 Å². The van der Waals surface area contributed by atoms with Crippen molar-refractivity contribution in [2.24, 2.45) is 0 Å². The highest BCUT2D eigenvalue weighted by atomic mass is 35.5. The zero-order valence-corrected chi connectivity index (χ0v) is 17.3. The van der Waals surface area contributed by atoms with Gasteiger partial charge in [0.15, 0.2) is 11.5 Å². The molecule has 2 aliphatic rings. The molecular weight excluding hydrogens is 421 g/mol. The van der Waals surface area contributed by atoms with Gasteiger partial charge in [-0.3, -0.25) is 9.78 Å². The van der Waals surface area contributed by atoms with Gasteiger partial charge in [0.25, 0.3) is 5.56 Å². The van der Waals surface area contributed by atoms with Gasteiger partial charge in [-0.2, -0.15) is 14.5 Å². The minimum atomic E-state index is -0.582. The number of urea groups is 1. The van der Waals surface area contributed by atoms with Gasteiger partial charge < -0.3 is 0 Å². The molecule has 2 aromatic heterocycles. The molecule has 1 aromatic carbocycles. The number of nitrogens with zero attached hydrogens (tertiary/aromatic N) is 3. The highest BCUT2D eigenvalue weighted by Crippen LogP contribution is 2.37. The summed E-state index contributed by atoms with van der Waals surface area (Å²) in [5, 5.41) is 9.56. The van der Waals surface area contributed by atoms with E-state index in [4.69, 9.17) is 11.6 Å². The molecule has 156 valence electrons. The third kappa shape index (κ3) is 3.33. The summed E-state index contributed by atoms with van der Waals surface area (Å²) < 4.78 is 16.5. The van der Waals surface area contributed by atoms with Crippen molar-refractivity contribution in [2.45, 2.75) is 32.2 Å². The van der Waals surface area contributed by atoms with Crippen LogP contribution in [0, 0.1) is 12.7 Å². The minimum Gasteiger partial charge on any atom is -0.268 e. The molecule has 0 radical (unpaired) electrons. The van der Waals surface area contributed by atoms with Crippen molar-refractivity contribution >= 4 is 29.0 Å². The van der Waals surface area contributed by atoms with E-state index in [1.54, 1.807) is 23.0 Å². The first kappa shape index (κ1) is 19.6. The summed E-state index contributed by atoms with van der Waals surface area (Å²) >= 11 is 6.43. The first-order valence-corrected chi connectivity index (χ1v) is 10.2. The summed E-state index contributed by atoms with van der Waals surface area (Å²) in [6, 6.07) is 5.30. The third-order valence-corrected chi connectivity index (χ3v) is 6.13. The number of amides is 2. The molecule has 2 amide bonds. The number of nitrogens with one attached hydrogen (secondary N) is 2. The number of hydrogen-bond donors (Lipinski definition) is 2. The average Bonchev–Trinajstić information content (AvgIpc) is 3.06. The number of carbonyl (C=O) groups excluding carboxylic acids is 1. The maximum Gasteiger partial charge on any atom is 0.496 e. The van der Waals surface area contributed by atoms with Crippen molar-refractivity contribution in [2.75, 3.05) is 5.32 Å². The SMILES string of the molecule is Cc1cnccc1-c1cc(F)c(NC(=O)[N+]2=C3CC[C@@H]2c2n[nH]c(=O)cc2C3)cc1Cl. The molecule has 31 heavy (non-hydrogen) atoms. The molecule has 0 fully saturated rings. The molecule has 0 saturated heterocycles. The van der Waals surface area contributed by atoms with E-state index in [1.165, 1.54) is 18.2 Å². The predicted molar refractivity (Wildman–Crippen MR) is 114 cm³/mol. The van der Waals surface area contributed by atoms with E-state index in [0.717, 1.165) is 22.4 Å². The van der Waals surface area contributed by atoms with E-state index in [0.29, 0.717) is 35.5 Å². The van der Waals surface area contributed by atoms with Crippen LogP contribution in [0.2, 0.25) is 5.02 Å². The zero-order valence-electron chi connectivity index (χ0n) is 16.6. The Morgan fingerprint density at radius 1 is 1.32 bits per heavy atom. The van der Waals surface area contributed by atoms with Gasteiger partial charge in [-0.15, -0.1) is 0 Å². The van der Waals surface area contributed by atoms with Crippen LogP contribution in [0.15, 0.2) is 41.5 Å². The fourth-order valence-electron chi connectivity index (χ4n) is 4.39. The van der Waals surface area contributed by atoms with Gasteiger partial charge in [-0.25, -0.2) is 14.8 Å². The Bertz CT molecular complexity index is 1330. The van der Waals surface area contributed by atoms with Gasteiger partial charge in [0.2, 0.25) is 0 Å². The van der Waals surface area contributed by atoms with Crippen LogP contribution in [0.5, 0.6) is 0 Å². The van der Waals surface area contributed by atoms with Gasteiger partial charge in [-0.05, 0) is 35.7 Å². The normalized spacial score (nSPS) is 16.9. The molecule has 0 spiro atoms. The Balaban J connectivity index is 1.45. The van der Waals surface area contributed by atoms with Crippen molar-refractivity contribution in [3.63, 3.8) is 0 Å². The molecule has 3 aromatic rings. The molecule has 7 nitrogen and oxygen atoms in total. The first-order valence-electron chi connectivity index (χ1n) is 9.86. The molecule has 9 heteroatoms. The van der Waals surface area contributed by atoms with Crippen molar-refractivity contribution in [1.29, 1.82) is 0 Å². The molecule has 2 bridgehead atoms. The zero-order chi connectivity index (χ0) is 21.7. The van der Waals surface area contributed by atoms with Gasteiger partial charge in [0.1, 0.15) is 11.7 Å². The van der Waals surface area contributed by atoms with Crippen molar-refractivity contribution in [1.82, 2.24) is 15.2 Å². The molecule has 0 unspecified atom stereocenters. The molecule has 0 saturated carbocycles. The summed E-state index contributed by atoms with van der Waals surface area (Å²) in [7, 11) is 0. The number of halogens is 2. The summed E-state index contributed by atoms with van der Waals surface area (Å²) in [4.78, 5) is 28.7. The number of H-pyrrole nitrogens is 1. The van der Waals surface area contributed by atoms with Crippen LogP contribution < -0.4 is 10.9 Å². The topological polar surface area (TPSA) is 90.8 Å². The monoisotopic (exact) mass is 438 g/mol. The largest absolute Gasteiger partial charge is 0.496 e. The number of rotatable bonds is 2. The number of anilines is 1. The van der Waals surface area contributed by atoms with Gasteiger partial charge in [0, 0.05) is 49.4 Å². The Morgan fingerprint density at radius 3 is 2.97 bits per heavy atom. The smallest absolute Gasteiger partial charge is 0.268 e. The maximum absolute atomic E-state index is 14.9. The van der Waals surface area contributed by atoms with Crippen LogP contribution in [0.3, 0.4) is 0 Å². The standard InChI is InChI=1S/C22H17ClFN5O2/c1-11-10-25-5-4-14(11)15-8-17(24)18(9-16(15)23)26-22(31)29-13-2-3-19(29)21-12(6-13)7-20(30)27-28-21/h4-5,7-10,19H,2-3,6H2,1H3,(H-,25,26,27,30,31)/p+1/t19-/m1/s1. The van der Waals surface area contributed by atoms with E-state index in [9.17, 15) is 14.0 Å². The second-order valence-corrected chi connectivity index (χ2v) is 8.15. The van der Waals surface area contributed by atoms with E-state index >= 15 is 0 Å². The molecule has 5 rings (SSSR count). The van der Waals surface area contributed by atoms with E-state index in [1.807, 2.05) is 6.92 Å². The van der Waals surface area contributed by atoms with Gasteiger partial charge in [0.05, 0.1) is 10.7 Å². The van der Waals surface area contributed by atoms with Crippen LogP contribution in [-0.2, 0) is 6.42 Å². The maximum atomic E-state index is 14.9. The third-order valence-electron chi connectivity index (χ3n) is 5.82. The van der Waals surface area contributed by atoms with Gasteiger partial charge in [-0.1, -0.05) is 11.6 Å². The lowest BCUT2D eigenvalue weighted by molar-refractivity contribution is -0.469. The molecule has 2 aliphatic heterocycles. The Labute approximate surface area is 181 Å². The lowest BCUT2D eigenvalue weighted by Crippen LogP contribution is -2.36. The summed E-state index contributed by atoms with van der Waals surface area (Å²) in [6.07, 6.45) is 5.19. The highest BCUT2D eigenvalue weighted by molar-refractivity contribution is 6.33. The lowest BCUT2D eigenvalue weighted by Gasteiger charge is -2.19. The molecule has 2 N–H and O–H groups in total. The number of hydrogen-bond acceptors (Lipinski definition) is 4. The van der Waals surface area contributed by atoms with Crippen molar-refractivity contribution in [3.8, 4) is 11.1 Å². The minimum absolute atomic E-state index is 0.00526. The average molecular weight is 439 g/mol. The summed E-state index contributed by atoms with van der Waals surface area (Å²) in [6.45, 7) is 1.87. The number of aryl methyl sites for hydroxylation is 1. The van der Waals surface area contributed by atoms with Crippen LogP contribution in [0.1, 0.15) is 35.7 Å². The second kappa shape index (κ2) is 7.39. The van der Waals surface area contributed by atoms with Crippen LogP contribution in [-0.4, -0.2) is 31.5 Å². The number of carbonyl (C=O) groups is 1. The lowest BCUT2D eigenvalue weighted by atomic mass is 10.0. The quantitative estimate of drug-likeness (QED) is 0.591. The van der Waals surface area contributed by atoms with E-state index in [2.05, 4.69) is 20.5 Å². The fourth-order valence-corrected chi connectivity index (χ4v) is 4.66. The first-order chi connectivity index (χ1) is 14.9. The number of benzene rings is 1. The Morgan fingerprint density at radius 2 is 2.16 bits per heavy atom. The number of aromatic amines is 1. The molecular formula is C22H18ClFN5O2+. The Kier molecular flexibility index (Phi) is 4.66. The van der Waals surface area contributed by atoms with Gasteiger partial charge >= 0.3 is 6.03 Å². The molecule has 4 heterocycles. The van der Waals surface area contributed by atoms with Crippen LogP contribution >= 0.6 is 11.6 Å². The molecule has 1 atom stereocenters. The summed E-state index contributed by atoms with van der Waals surface area (Å²) in [5.74, 6) is -0.582. The second-order valence-electron chi connectivity index (χ2n) is 7.74. The van der Waals surface area contributed by atoms with E-state index in [-0.39, 0.29) is 17.3 Å². The number of aromatic nitrogens is 3. The number of fused-ring (bicyclic) bond motifs is 3. The van der Waals surface area contributed by atoms with Crippen LogP contribution in [0.4, 0.5) is 14.9 Å². The highest BCUT2D eigenvalue weighted by Gasteiger charge is 2.42. The summed E-state index contributed by atoms with van der Waals surface area (Å²) in [5.41, 5.74) is 4.31.